The summed E-state index contributed by atoms with van der Waals surface area (Å²) in [6.45, 7) is 2.00. The smallest absolute Gasteiger partial charge is 0.537 e. The van der Waals surface area contributed by atoms with Crippen LogP contribution in [0.4, 0.5) is 11.4 Å². The van der Waals surface area contributed by atoms with E-state index in [0.717, 1.165) is 47.3 Å². The number of ether oxygens (including phenoxy) is 1. The molecule has 10 nitrogen and oxygen atoms in total. The van der Waals surface area contributed by atoms with Gasteiger partial charge in [0.25, 0.3) is 11.4 Å². The van der Waals surface area contributed by atoms with Gasteiger partial charge in [-0.1, -0.05) is 206 Å². The summed E-state index contributed by atoms with van der Waals surface area (Å²) in [6.07, 6.45) is 2.56. The Labute approximate surface area is 553 Å². The highest BCUT2D eigenvalue weighted by Crippen LogP contribution is 2.44. The maximum absolute atomic E-state index is 11.3. The van der Waals surface area contributed by atoms with Crippen LogP contribution >= 0.6 is 57.9 Å². The van der Waals surface area contributed by atoms with E-state index in [9.17, 15) is 20.2 Å². The van der Waals surface area contributed by atoms with Gasteiger partial charge in [-0.2, -0.15) is 0 Å². The summed E-state index contributed by atoms with van der Waals surface area (Å²) in [4.78, 5) is 24.3. The molecule has 16 heteroatoms. The minimum atomic E-state index is -0.446. The number of nitro groups is 2. The zero-order valence-electron chi connectivity index (χ0n) is 49.4. The van der Waals surface area contributed by atoms with Gasteiger partial charge in [0.1, 0.15) is 5.75 Å². The molecule has 16 aromatic rings. The SMILES string of the molecule is C1CCOC1.O=[N+]([O-])c1ccccc1-c1cccc2sc3ccccc3c12.O=[N+]([O-])c1ccccc1Br.O[B]Oc1cccc2sc3ccccc3c12.c1ccc(P(c2ccccc2)c2ccccc2)cc1.c1ccc2c(c1)[nH]c1ccc3sc4ccccc4c3c12. The first kappa shape index (κ1) is 62.8. The van der Waals surface area contributed by atoms with E-state index in [4.69, 9.17) is 14.4 Å². The van der Waals surface area contributed by atoms with Crippen LogP contribution in [-0.4, -0.2) is 40.8 Å². The molecular weight excluding hydrogens is 1280 g/mol. The van der Waals surface area contributed by atoms with E-state index < -0.39 is 12.8 Å². The van der Waals surface area contributed by atoms with Gasteiger partial charge in [0, 0.05) is 108 Å². The topological polar surface area (TPSA) is 141 Å². The fourth-order valence-electron chi connectivity index (χ4n) is 11.2. The Kier molecular flexibility index (Phi) is 20.6. The average molecular weight is 1340 g/mol. The molecule has 0 unspecified atom stereocenters. The summed E-state index contributed by atoms with van der Waals surface area (Å²) in [5.74, 6) is 0.692. The van der Waals surface area contributed by atoms with Crippen molar-refractivity contribution in [2.45, 2.75) is 12.8 Å². The summed E-state index contributed by atoms with van der Waals surface area (Å²) in [5, 5.41) is 44.4. The van der Waals surface area contributed by atoms with E-state index in [-0.39, 0.29) is 16.3 Å². The molecule has 1 aliphatic heterocycles. The van der Waals surface area contributed by atoms with E-state index >= 15 is 0 Å². The molecule has 1 aliphatic rings. The molecule has 2 N–H and O–H groups in total. The van der Waals surface area contributed by atoms with Gasteiger partial charge in [0.05, 0.1) is 19.9 Å². The van der Waals surface area contributed by atoms with Crippen molar-refractivity contribution in [1.29, 1.82) is 0 Å². The molecule has 0 spiro atoms. The highest BCUT2D eigenvalue weighted by molar-refractivity contribution is 9.10. The van der Waals surface area contributed by atoms with Crippen molar-refractivity contribution in [3.63, 3.8) is 0 Å². The fraction of sp³-hybridized carbons (Fsp3) is 0.0526. The molecule has 0 saturated carbocycles. The highest BCUT2D eigenvalue weighted by Gasteiger charge is 2.20. The second-order valence-electron chi connectivity index (χ2n) is 21.0. The number of fused-ring (bicyclic) bond motifs is 13. The zero-order valence-corrected chi connectivity index (χ0v) is 54.3. The zero-order chi connectivity index (χ0) is 63.2. The third-order valence-corrected chi connectivity index (χ3v) is 21.8. The summed E-state index contributed by atoms with van der Waals surface area (Å²) >= 11 is 8.37. The van der Waals surface area contributed by atoms with E-state index in [1.807, 2.05) is 72.0 Å². The quantitative estimate of drug-likeness (QED) is 0.0668. The predicted octanol–water partition coefficient (Wildman–Crippen LogP) is 20.9. The second kappa shape index (κ2) is 30.1. The summed E-state index contributed by atoms with van der Waals surface area (Å²) in [7, 11) is 0.277. The van der Waals surface area contributed by atoms with Gasteiger partial charge in [0.2, 0.25) is 0 Å². The Morgan fingerprint density at radius 1 is 0.413 bits per heavy atom. The first-order valence-electron chi connectivity index (χ1n) is 29.6. The van der Waals surface area contributed by atoms with Crippen molar-refractivity contribution < 1.29 is 24.3 Å². The number of aromatic amines is 1. The number of hydrogen-bond donors (Lipinski definition) is 2. The summed E-state index contributed by atoms with van der Waals surface area (Å²) in [6, 6.07) is 95.6. The molecule has 0 bridgehead atoms. The fourth-order valence-corrected chi connectivity index (χ4v) is 17.3. The molecule has 0 amide bonds. The van der Waals surface area contributed by atoms with Crippen LogP contribution in [0.5, 0.6) is 5.75 Å². The average Bonchev–Trinajstić information content (AvgIpc) is 1.60. The Morgan fingerprint density at radius 3 is 1.36 bits per heavy atom. The van der Waals surface area contributed by atoms with Gasteiger partial charge >= 0.3 is 7.69 Å². The number of benzene rings is 12. The molecule has 1 saturated heterocycles. The Bertz CT molecular complexity index is 4990. The lowest BCUT2D eigenvalue weighted by atomic mass is 9.98. The van der Waals surface area contributed by atoms with Crippen LogP contribution in [0.25, 0.3) is 93.4 Å². The third-order valence-electron chi connectivity index (χ3n) is 15.3. The van der Waals surface area contributed by atoms with Gasteiger partial charge in [-0.3, -0.25) is 20.2 Å². The number of H-pyrrole nitrogens is 1. The van der Waals surface area contributed by atoms with Gasteiger partial charge < -0.3 is 19.4 Å². The van der Waals surface area contributed by atoms with Gasteiger partial charge in [-0.05, 0) is 125 Å². The van der Waals surface area contributed by atoms with Gasteiger partial charge in [-0.15, -0.1) is 34.0 Å². The first-order valence-corrected chi connectivity index (χ1v) is 34.2. The van der Waals surface area contributed by atoms with Crippen molar-refractivity contribution in [3.8, 4) is 16.9 Å². The molecule has 4 aromatic heterocycles. The maximum Gasteiger partial charge on any atom is 0.569 e. The molecular formula is C76H57BBrN3O7PS3. The van der Waals surface area contributed by atoms with Crippen molar-refractivity contribution in [2.75, 3.05) is 13.2 Å². The second-order valence-corrected chi connectivity index (χ2v) is 27.3. The summed E-state index contributed by atoms with van der Waals surface area (Å²) < 4.78 is 18.0. The molecule has 92 heavy (non-hydrogen) atoms. The van der Waals surface area contributed by atoms with Crippen LogP contribution in [0.2, 0.25) is 0 Å². The largest absolute Gasteiger partial charge is 0.569 e. The molecule has 0 atom stereocenters. The van der Waals surface area contributed by atoms with E-state index in [0.29, 0.717) is 15.8 Å². The van der Waals surface area contributed by atoms with Crippen molar-refractivity contribution in [3.05, 3.63) is 310 Å². The van der Waals surface area contributed by atoms with Crippen molar-refractivity contribution in [2.24, 2.45) is 0 Å². The number of aromatic nitrogens is 1. The van der Waals surface area contributed by atoms with Crippen LogP contribution in [0.3, 0.4) is 0 Å². The number of nitrogens with one attached hydrogen (secondary N) is 1. The standard InChI is InChI=1S/C18H11NO2S.C18H11NS.C18H15P.C12H8BO2S.C6H4BrNO2.C4H8O/c20-19(21)15-9-3-1-6-12(15)13-8-5-11-17-18(13)14-7-2-4-10-16(14)22-17;1-3-7-13-11(5-1)17-14(19-13)9-10-16-18(17)12-6-2-4-8-15(12)20-16;1-4-10-16(11-5-1)19(17-12-6-2-7-13-17)18-14-8-3-9-15-18;14-13-15-9-5-3-7-11-12(9)8-4-1-2-6-10(8)16-11;7-5-3-1-2-4-6(5)8(9)10;1-2-4-5-3-1/h1-11H;1-10,19H;1-15H;1-7,14H;1-4H;1-4H2. The van der Waals surface area contributed by atoms with Crippen LogP contribution < -0.4 is 20.6 Å². The lowest BCUT2D eigenvalue weighted by molar-refractivity contribution is -0.385. The molecule has 5 heterocycles. The predicted molar refractivity (Wildman–Crippen MR) is 394 cm³/mol. The number of nitrogens with zero attached hydrogens (tertiary/aromatic N) is 2. The highest BCUT2D eigenvalue weighted by atomic mass is 79.9. The number of hydrogen-bond acceptors (Lipinski definition) is 10. The van der Waals surface area contributed by atoms with Crippen LogP contribution in [0, 0.1) is 20.2 Å². The monoisotopic (exact) mass is 1340 g/mol. The number of rotatable bonds is 8. The van der Waals surface area contributed by atoms with Gasteiger partial charge in [-0.25, -0.2) is 0 Å². The van der Waals surface area contributed by atoms with Crippen LogP contribution in [0.15, 0.2) is 290 Å². The Morgan fingerprint density at radius 2 is 0.837 bits per heavy atom. The van der Waals surface area contributed by atoms with Crippen LogP contribution in [0.1, 0.15) is 12.8 Å². The van der Waals surface area contributed by atoms with E-state index in [1.165, 1.54) is 96.3 Å². The molecule has 1 fully saturated rings. The first-order chi connectivity index (χ1) is 45.2. The Balaban J connectivity index is 0.000000110. The Hall–Kier alpha value is -9.41. The third kappa shape index (κ3) is 14.2. The van der Waals surface area contributed by atoms with Crippen molar-refractivity contribution in [1.82, 2.24) is 4.98 Å². The molecule has 451 valence electrons. The molecule has 0 aliphatic carbocycles. The lowest BCUT2D eigenvalue weighted by Crippen LogP contribution is -2.20. The number of para-hydroxylation sites is 3. The normalized spacial score (nSPS) is 11.6. The van der Waals surface area contributed by atoms with Crippen LogP contribution in [-0.2, 0) is 4.74 Å². The maximum atomic E-state index is 11.3. The minimum absolute atomic E-state index is 0.0995. The minimum Gasteiger partial charge on any atom is -0.537 e. The number of thiophene rings is 3. The van der Waals surface area contributed by atoms with Crippen molar-refractivity contribution >= 4 is 175 Å². The molecule has 12 aromatic carbocycles. The number of halogens is 1. The molecule has 1 radical (unpaired) electrons. The van der Waals surface area contributed by atoms with Gasteiger partial charge in [0.15, 0.2) is 0 Å². The molecule has 17 rings (SSSR count). The lowest BCUT2D eigenvalue weighted by Gasteiger charge is -2.18. The van der Waals surface area contributed by atoms with E-state index in [1.54, 1.807) is 53.0 Å². The summed E-state index contributed by atoms with van der Waals surface area (Å²) in [5.41, 5.74) is 4.27. The number of nitro benzene ring substituents is 2. The van der Waals surface area contributed by atoms with E-state index in [2.05, 4.69) is 209 Å².